The molecule has 0 aliphatic carbocycles. The van der Waals surface area contributed by atoms with Crippen molar-refractivity contribution in [2.75, 3.05) is 22.9 Å². The molecule has 2 aromatic carbocycles. The molecule has 0 radical (unpaired) electrons. The van der Waals surface area contributed by atoms with Gasteiger partial charge < -0.3 is 14.5 Å². The molecule has 0 bridgehead atoms. The largest absolute Gasteiger partial charge is 2.00 e. The van der Waals surface area contributed by atoms with E-state index in [1.807, 2.05) is 24.5 Å². The first-order valence-corrected chi connectivity index (χ1v) is 13.9. The molecule has 7 heteroatoms. The maximum Gasteiger partial charge on any atom is 2.00 e. The number of benzene rings is 2. The summed E-state index contributed by atoms with van der Waals surface area (Å²) in [6, 6.07) is 21.2. The Morgan fingerprint density at radius 1 is 0.854 bits per heavy atom. The van der Waals surface area contributed by atoms with E-state index in [1.54, 1.807) is 6.07 Å². The minimum absolute atomic E-state index is 0. The molecule has 210 valence electrons. The summed E-state index contributed by atoms with van der Waals surface area (Å²) in [5.41, 5.74) is 7.13. The number of hydrogen-bond acceptors (Lipinski definition) is 5. The SMILES string of the molecule is [C-]#[N+]c1cc(Oc2[c-]c3c(cc2)CCCN3c2cc(C(C)(C)C)ccn2)[c-]c2c1CCCN2c1cc(C)ccn1.[Pt+2]. The monoisotopic (exact) mass is 722 g/mol. The van der Waals surface area contributed by atoms with Crippen LogP contribution in [-0.4, -0.2) is 23.1 Å². The van der Waals surface area contributed by atoms with Crippen molar-refractivity contribution in [3.05, 3.63) is 101 Å². The third-order valence-corrected chi connectivity index (χ3v) is 7.67. The molecule has 2 aliphatic heterocycles. The van der Waals surface area contributed by atoms with Gasteiger partial charge in [0.05, 0.1) is 12.3 Å². The van der Waals surface area contributed by atoms with Gasteiger partial charge in [0.1, 0.15) is 11.6 Å². The zero-order valence-corrected chi connectivity index (χ0v) is 26.2. The minimum atomic E-state index is 0. The van der Waals surface area contributed by atoms with E-state index >= 15 is 0 Å². The van der Waals surface area contributed by atoms with Crippen LogP contribution in [0.25, 0.3) is 4.85 Å². The zero-order chi connectivity index (χ0) is 27.9. The molecule has 4 aromatic rings. The summed E-state index contributed by atoms with van der Waals surface area (Å²) < 4.78 is 6.37. The number of rotatable bonds is 4. The van der Waals surface area contributed by atoms with E-state index in [-0.39, 0.29) is 26.5 Å². The van der Waals surface area contributed by atoms with Crippen LogP contribution in [0.4, 0.5) is 28.7 Å². The van der Waals surface area contributed by atoms with Gasteiger partial charge in [0.15, 0.2) is 0 Å². The van der Waals surface area contributed by atoms with Gasteiger partial charge in [-0.15, -0.1) is 35.4 Å². The van der Waals surface area contributed by atoms with Gasteiger partial charge in [0.25, 0.3) is 0 Å². The Balaban J connectivity index is 0.00000337. The second-order valence-corrected chi connectivity index (χ2v) is 11.6. The molecule has 0 N–H and O–H groups in total. The van der Waals surface area contributed by atoms with Crippen LogP contribution in [0.15, 0.2) is 54.9 Å². The second kappa shape index (κ2) is 11.7. The van der Waals surface area contributed by atoms with Gasteiger partial charge in [0, 0.05) is 37.0 Å². The van der Waals surface area contributed by atoms with E-state index in [4.69, 9.17) is 16.3 Å². The van der Waals surface area contributed by atoms with E-state index in [1.165, 1.54) is 11.1 Å². The fraction of sp³-hybridized carbons (Fsp3) is 0.324. The summed E-state index contributed by atoms with van der Waals surface area (Å²) >= 11 is 0. The number of aromatic nitrogens is 2. The Kier molecular flexibility index (Phi) is 8.20. The molecule has 2 aliphatic rings. The summed E-state index contributed by atoms with van der Waals surface area (Å²) in [5.74, 6) is 2.90. The van der Waals surface area contributed by atoms with Crippen LogP contribution in [0.1, 0.15) is 55.9 Å². The van der Waals surface area contributed by atoms with Crippen molar-refractivity contribution in [3.8, 4) is 11.5 Å². The Labute approximate surface area is 257 Å². The summed E-state index contributed by atoms with van der Waals surface area (Å²) in [6.45, 7) is 18.3. The van der Waals surface area contributed by atoms with Crippen molar-refractivity contribution in [2.24, 2.45) is 0 Å². The van der Waals surface area contributed by atoms with Crippen molar-refractivity contribution < 1.29 is 25.8 Å². The second-order valence-electron chi connectivity index (χ2n) is 11.6. The Morgan fingerprint density at radius 2 is 1.54 bits per heavy atom. The summed E-state index contributed by atoms with van der Waals surface area (Å²) in [6.07, 6.45) is 7.57. The molecule has 0 spiro atoms. The molecule has 0 saturated heterocycles. The number of hydrogen-bond donors (Lipinski definition) is 0. The molecule has 2 aromatic heterocycles. The molecule has 0 fully saturated rings. The maximum atomic E-state index is 7.87. The van der Waals surface area contributed by atoms with Crippen molar-refractivity contribution in [3.63, 3.8) is 0 Å². The molecule has 0 amide bonds. The van der Waals surface area contributed by atoms with Crippen LogP contribution < -0.4 is 14.5 Å². The van der Waals surface area contributed by atoms with Crippen LogP contribution in [0.3, 0.4) is 0 Å². The number of nitrogens with zero attached hydrogens (tertiary/aromatic N) is 5. The van der Waals surface area contributed by atoms with Crippen molar-refractivity contribution in [1.82, 2.24) is 9.97 Å². The first-order chi connectivity index (χ1) is 19.3. The molecule has 0 unspecified atom stereocenters. The van der Waals surface area contributed by atoms with Crippen molar-refractivity contribution in [1.29, 1.82) is 0 Å². The molecule has 6 nitrogen and oxygen atoms in total. The van der Waals surface area contributed by atoms with E-state index in [0.717, 1.165) is 72.9 Å². The number of pyridine rings is 2. The van der Waals surface area contributed by atoms with E-state index in [0.29, 0.717) is 17.2 Å². The topological polar surface area (TPSA) is 45.9 Å². The molecule has 6 rings (SSSR count). The van der Waals surface area contributed by atoms with Crippen LogP contribution in [-0.2, 0) is 39.3 Å². The van der Waals surface area contributed by atoms with Crippen LogP contribution >= 0.6 is 0 Å². The fourth-order valence-corrected chi connectivity index (χ4v) is 5.53. The van der Waals surface area contributed by atoms with E-state index in [2.05, 4.69) is 83.7 Å². The van der Waals surface area contributed by atoms with Gasteiger partial charge in [-0.2, -0.15) is 6.07 Å². The van der Waals surface area contributed by atoms with Gasteiger partial charge >= 0.3 is 21.1 Å². The Morgan fingerprint density at radius 3 is 2.27 bits per heavy atom. The molecule has 0 saturated carbocycles. The quantitative estimate of drug-likeness (QED) is 0.199. The minimum Gasteiger partial charge on any atom is -0.510 e. The third-order valence-electron chi connectivity index (χ3n) is 7.67. The predicted molar refractivity (Wildman–Crippen MR) is 159 cm³/mol. The molecular weight excluding hydrogens is 689 g/mol. The van der Waals surface area contributed by atoms with Gasteiger partial charge in [-0.25, -0.2) is 9.97 Å². The summed E-state index contributed by atoms with van der Waals surface area (Å²) in [4.78, 5) is 17.6. The van der Waals surface area contributed by atoms with Crippen LogP contribution in [0, 0.1) is 25.6 Å². The molecular formula is C34H33N5OPt. The third kappa shape index (κ3) is 5.88. The van der Waals surface area contributed by atoms with Gasteiger partial charge in [-0.05, 0) is 60.6 Å². The first kappa shape index (κ1) is 28.8. The Hall–Kier alpha value is -3.68. The number of aryl methyl sites for hydroxylation is 2. The molecule has 41 heavy (non-hydrogen) atoms. The van der Waals surface area contributed by atoms with Crippen molar-refractivity contribution in [2.45, 2.75) is 58.8 Å². The predicted octanol–water partition coefficient (Wildman–Crippen LogP) is 8.19. The average Bonchev–Trinajstić information content (AvgIpc) is 2.95. The number of fused-ring (bicyclic) bond motifs is 2. The summed E-state index contributed by atoms with van der Waals surface area (Å²) in [7, 11) is 0. The van der Waals surface area contributed by atoms with E-state index < -0.39 is 0 Å². The maximum absolute atomic E-state index is 7.87. The fourth-order valence-electron chi connectivity index (χ4n) is 5.53. The molecule has 0 atom stereocenters. The van der Waals surface area contributed by atoms with Gasteiger partial charge in [0.2, 0.25) is 0 Å². The number of ether oxygens (including phenoxy) is 1. The molecule has 4 heterocycles. The van der Waals surface area contributed by atoms with Gasteiger partial charge in [-0.3, -0.25) is 4.85 Å². The standard InChI is InChI=1S/C34H33N5O.Pt/c1-23-12-14-36-32(18-23)39-17-7-9-28-29(35-5)20-27(22-31(28)39)40-26-11-10-24-8-6-16-38(30(24)21-26)33-19-25(13-15-37-33)34(2,3)4;/h10-15,18-20H,6-9,16-17H2,1-4H3;/q-2;+2. The smallest absolute Gasteiger partial charge is 0.510 e. The Bertz CT molecular complexity index is 1620. The van der Waals surface area contributed by atoms with Crippen LogP contribution in [0.2, 0.25) is 0 Å². The van der Waals surface area contributed by atoms with Crippen molar-refractivity contribution >= 4 is 28.7 Å². The van der Waals surface area contributed by atoms with Crippen LogP contribution in [0.5, 0.6) is 11.5 Å². The van der Waals surface area contributed by atoms with E-state index in [9.17, 15) is 0 Å². The van der Waals surface area contributed by atoms with Gasteiger partial charge in [-0.1, -0.05) is 45.0 Å². The summed E-state index contributed by atoms with van der Waals surface area (Å²) in [5, 5.41) is 0. The normalized spacial score (nSPS) is 14.4. The average molecular weight is 723 g/mol. The number of anilines is 4. The first-order valence-electron chi connectivity index (χ1n) is 13.9. The zero-order valence-electron chi connectivity index (χ0n) is 23.9.